The second kappa shape index (κ2) is 8.62. The average molecular weight is 490 g/mol. The molecule has 0 aliphatic heterocycles. The number of nitrogens with one attached hydrogen (secondary N) is 1. The predicted molar refractivity (Wildman–Crippen MR) is 134 cm³/mol. The van der Waals surface area contributed by atoms with Gasteiger partial charge in [0.1, 0.15) is 10.8 Å². The largest absolute Gasteiger partial charge is 0.397 e. The highest BCUT2D eigenvalue weighted by Gasteiger charge is 2.22. The van der Waals surface area contributed by atoms with E-state index in [4.69, 9.17) is 22.3 Å². The van der Waals surface area contributed by atoms with Gasteiger partial charge in [0.15, 0.2) is 5.82 Å². The first-order valence-electron chi connectivity index (χ1n) is 11.0. The van der Waals surface area contributed by atoms with Crippen LogP contribution in [0.1, 0.15) is 36.6 Å². The van der Waals surface area contributed by atoms with E-state index in [0.717, 1.165) is 16.1 Å². The molecule has 0 amide bonds. The fourth-order valence-corrected chi connectivity index (χ4v) is 5.41. The molecule has 0 saturated heterocycles. The third-order valence-electron chi connectivity index (χ3n) is 5.91. The lowest BCUT2D eigenvalue weighted by Gasteiger charge is -2.12. The van der Waals surface area contributed by atoms with Crippen LogP contribution in [0.3, 0.4) is 0 Å². The highest BCUT2D eigenvalue weighted by Crippen LogP contribution is 2.38. The van der Waals surface area contributed by atoms with Gasteiger partial charge in [-0.2, -0.15) is 5.10 Å². The van der Waals surface area contributed by atoms with Gasteiger partial charge in [-0.05, 0) is 37.1 Å². The summed E-state index contributed by atoms with van der Waals surface area (Å²) in [6, 6.07) is 7.42. The summed E-state index contributed by atoms with van der Waals surface area (Å²) in [5, 5.41) is 18.6. The number of pyridine rings is 3. The summed E-state index contributed by atoms with van der Waals surface area (Å²) in [6.45, 7) is 0. The molecule has 0 radical (unpaired) electrons. The normalized spacial score (nSPS) is 14.1. The molecule has 1 saturated carbocycles. The Hall–Kier alpha value is -3.63. The maximum atomic E-state index is 6.58. The lowest BCUT2D eigenvalue weighted by atomic mass is 10.1. The molecule has 1 aliphatic rings. The van der Waals surface area contributed by atoms with E-state index in [2.05, 4.69) is 30.6 Å². The summed E-state index contributed by atoms with van der Waals surface area (Å²) < 4.78 is 1.63. The van der Waals surface area contributed by atoms with Crippen LogP contribution in [-0.4, -0.2) is 34.9 Å². The van der Waals surface area contributed by atoms with Gasteiger partial charge < -0.3 is 11.1 Å². The zero-order valence-corrected chi connectivity index (χ0v) is 19.6. The Morgan fingerprint density at radius 1 is 1.06 bits per heavy atom. The molecule has 0 unspecified atom stereocenters. The highest BCUT2D eigenvalue weighted by molar-refractivity contribution is 7.15. The van der Waals surface area contributed by atoms with Crippen LogP contribution >= 0.6 is 22.9 Å². The first-order chi connectivity index (χ1) is 16.6. The van der Waals surface area contributed by atoms with E-state index in [0.29, 0.717) is 44.4 Å². The van der Waals surface area contributed by atoms with Crippen molar-refractivity contribution < 1.29 is 0 Å². The van der Waals surface area contributed by atoms with Crippen LogP contribution in [0.25, 0.3) is 28.0 Å². The van der Waals surface area contributed by atoms with Crippen LogP contribution in [0, 0.1) is 0 Å². The van der Waals surface area contributed by atoms with E-state index in [1.54, 1.807) is 46.9 Å². The van der Waals surface area contributed by atoms with Crippen molar-refractivity contribution in [3.05, 3.63) is 59.1 Å². The first kappa shape index (κ1) is 20.9. The molecule has 0 bridgehead atoms. The number of anilines is 3. The zero-order chi connectivity index (χ0) is 23.1. The Labute approximate surface area is 204 Å². The third kappa shape index (κ3) is 3.95. The summed E-state index contributed by atoms with van der Waals surface area (Å²) in [4.78, 5) is 13.8. The SMILES string of the molecule is Nc1cnc2cc(-c3cnc(-n4cccn4)c(Cl)c3)c(Nc3nnc(C4CCCC4)s3)nc2c1. The summed E-state index contributed by atoms with van der Waals surface area (Å²) in [5.41, 5.74) is 9.48. The van der Waals surface area contributed by atoms with Gasteiger partial charge in [-0.15, -0.1) is 10.2 Å². The van der Waals surface area contributed by atoms with Gasteiger partial charge in [-0.25, -0.2) is 14.6 Å². The van der Waals surface area contributed by atoms with Gasteiger partial charge in [-0.1, -0.05) is 35.8 Å². The molecule has 0 spiro atoms. The number of aromatic nitrogens is 7. The van der Waals surface area contributed by atoms with Crippen molar-refractivity contribution in [1.29, 1.82) is 0 Å². The molecule has 3 N–H and O–H groups in total. The van der Waals surface area contributed by atoms with E-state index >= 15 is 0 Å². The molecule has 1 fully saturated rings. The molecule has 0 atom stereocenters. The van der Waals surface area contributed by atoms with E-state index in [1.807, 2.05) is 18.2 Å². The number of nitrogens with two attached hydrogens (primary N) is 1. The molecular formula is C23H20ClN9S. The van der Waals surface area contributed by atoms with Crippen LogP contribution in [0.4, 0.5) is 16.6 Å². The van der Waals surface area contributed by atoms with Crippen molar-refractivity contribution >= 4 is 50.6 Å². The van der Waals surface area contributed by atoms with Gasteiger partial charge in [0.05, 0.1) is 27.9 Å². The minimum atomic E-state index is 0.469. The zero-order valence-electron chi connectivity index (χ0n) is 18.0. The topological polar surface area (TPSA) is 120 Å². The second-order valence-corrected chi connectivity index (χ2v) is 9.64. The first-order valence-corrected chi connectivity index (χ1v) is 12.2. The molecular weight excluding hydrogens is 470 g/mol. The van der Waals surface area contributed by atoms with Gasteiger partial charge in [0.2, 0.25) is 5.13 Å². The maximum absolute atomic E-state index is 6.58. The average Bonchev–Trinajstić information content (AvgIpc) is 3.61. The maximum Gasteiger partial charge on any atom is 0.211 e. The minimum Gasteiger partial charge on any atom is -0.397 e. The molecule has 5 aromatic heterocycles. The fourth-order valence-electron chi connectivity index (χ4n) is 4.25. The van der Waals surface area contributed by atoms with Crippen LogP contribution in [0.2, 0.25) is 5.02 Å². The van der Waals surface area contributed by atoms with Crippen molar-refractivity contribution in [2.24, 2.45) is 0 Å². The Morgan fingerprint density at radius 2 is 1.94 bits per heavy atom. The number of nitrogen functional groups attached to an aromatic ring is 1. The Balaban J connectivity index is 1.42. The van der Waals surface area contributed by atoms with Crippen molar-refractivity contribution in [2.45, 2.75) is 31.6 Å². The molecule has 34 heavy (non-hydrogen) atoms. The van der Waals surface area contributed by atoms with Crippen LogP contribution in [0.15, 0.2) is 49.1 Å². The lowest BCUT2D eigenvalue weighted by molar-refractivity contribution is 0.705. The van der Waals surface area contributed by atoms with E-state index in [-0.39, 0.29) is 0 Å². The number of hydrogen-bond acceptors (Lipinski definition) is 9. The molecule has 0 aromatic carbocycles. The molecule has 6 rings (SSSR count). The molecule has 5 aromatic rings. The highest BCUT2D eigenvalue weighted by atomic mass is 35.5. The van der Waals surface area contributed by atoms with Crippen molar-refractivity contribution in [3.8, 4) is 16.9 Å². The number of halogens is 1. The molecule has 1 aliphatic carbocycles. The summed E-state index contributed by atoms with van der Waals surface area (Å²) in [6.07, 6.45) is 11.7. The molecule has 5 heterocycles. The monoisotopic (exact) mass is 489 g/mol. The van der Waals surface area contributed by atoms with E-state index in [9.17, 15) is 0 Å². The fraction of sp³-hybridized carbons (Fsp3) is 0.217. The van der Waals surface area contributed by atoms with Gasteiger partial charge in [0, 0.05) is 35.6 Å². The van der Waals surface area contributed by atoms with Crippen LogP contribution in [-0.2, 0) is 0 Å². The van der Waals surface area contributed by atoms with Gasteiger partial charge in [-0.3, -0.25) is 4.98 Å². The van der Waals surface area contributed by atoms with E-state index < -0.39 is 0 Å². The molecule has 9 nitrogen and oxygen atoms in total. The summed E-state index contributed by atoms with van der Waals surface area (Å²) >= 11 is 8.16. The van der Waals surface area contributed by atoms with Crippen molar-refractivity contribution in [1.82, 2.24) is 34.9 Å². The predicted octanol–water partition coefficient (Wildman–Crippen LogP) is 5.37. The van der Waals surface area contributed by atoms with Gasteiger partial charge in [0.25, 0.3) is 0 Å². The van der Waals surface area contributed by atoms with Gasteiger partial charge >= 0.3 is 0 Å². The standard InChI is InChI=1S/C23H20ClN9S/c24-17-8-14(11-27-21(17)33-7-3-6-28-33)16-10-18-19(9-15(25)12-26-18)29-20(16)30-23-32-31-22(34-23)13-4-1-2-5-13/h3,6-13H,1-2,4-5,25H2,(H,29,30,32). The number of fused-ring (bicyclic) bond motifs is 1. The minimum absolute atomic E-state index is 0.469. The van der Waals surface area contributed by atoms with Crippen molar-refractivity contribution in [3.63, 3.8) is 0 Å². The summed E-state index contributed by atoms with van der Waals surface area (Å²) in [5.74, 6) is 1.66. The number of nitrogens with zero attached hydrogens (tertiary/aromatic N) is 7. The Morgan fingerprint density at radius 3 is 2.74 bits per heavy atom. The molecule has 170 valence electrons. The van der Waals surface area contributed by atoms with Crippen LogP contribution < -0.4 is 11.1 Å². The number of rotatable bonds is 5. The number of hydrogen-bond donors (Lipinski definition) is 2. The smallest absolute Gasteiger partial charge is 0.211 e. The second-order valence-electron chi connectivity index (χ2n) is 8.22. The van der Waals surface area contributed by atoms with Crippen molar-refractivity contribution in [2.75, 3.05) is 11.1 Å². The Bertz CT molecular complexity index is 1480. The Kier molecular flexibility index (Phi) is 5.31. The molecule has 11 heteroatoms. The third-order valence-corrected chi connectivity index (χ3v) is 7.19. The lowest BCUT2D eigenvalue weighted by Crippen LogP contribution is -2.01. The van der Waals surface area contributed by atoms with Crippen LogP contribution in [0.5, 0.6) is 0 Å². The summed E-state index contributed by atoms with van der Waals surface area (Å²) in [7, 11) is 0. The van der Waals surface area contributed by atoms with E-state index in [1.165, 1.54) is 25.7 Å². The quantitative estimate of drug-likeness (QED) is 0.338.